The summed E-state index contributed by atoms with van der Waals surface area (Å²) in [6.07, 6.45) is 1.40. The Labute approximate surface area is 206 Å². The average molecular weight is 497 g/mol. The molecule has 2 saturated heterocycles. The lowest BCUT2D eigenvalue weighted by Gasteiger charge is -2.39. The number of hydrogen-bond acceptors (Lipinski definition) is 7. The Morgan fingerprint density at radius 3 is 2.34 bits per heavy atom. The van der Waals surface area contributed by atoms with Gasteiger partial charge in [0.1, 0.15) is 16.5 Å². The standard InChI is InChI=1S/C25H32N6O3S/c1-17(2)23-26-18(3)16-22(27-23)29-12-14-31(15-13-29)25(32)19-8-10-30(11-9-19)24-20-6-4-5-7-21(20)35(33,34)28-24/h4-7,16-17,19H,8-15H2,1-3H3. The summed E-state index contributed by atoms with van der Waals surface area (Å²) >= 11 is 0. The van der Waals surface area contributed by atoms with Gasteiger partial charge in [-0.3, -0.25) is 4.79 Å². The lowest BCUT2D eigenvalue weighted by Crippen LogP contribution is -2.52. The summed E-state index contributed by atoms with van der Waals surface area (Å²) in [5, 5.41) is 0. The van der Waals surface area contributed by atoms with Gasteiger partial charge in [-0.05, 0) is 31.9 Å². The summed E-state index contributed by atoms with van der Waals surface area (Å²) in [7, 11) is -3.63. The highest BCUT2D eigenvalue weighted by molar-refractivity contribution is 7.90. The van der Waals surface area contributed by atoms with Crippen molar-refractivity contribution >= 4 is 27.6 Å². The number of amidine groups is 1. The van der Waals surface area contributed by atoms with Crippen molar-refractivity contribution in [2.75, 3.05) is 44.2 Å². The van der Waals surface area contributed by atoms with E-state index in [1.165, 1.54) is 0 Å². The molecule has 3 aliphatic rings. The Morgan fingerprint density at radius 1 is 0.971 bits per heavy atom. The molecule has 0 N–H and O–H groups in total. The smallest absolute Gasteiger partial charge is 0.285 e. The van der Waals surface area contributed by atoms with Crippen LogP contribution in [0.15, 0.2) is 39.6 Å². The lowest BCUT2D eigenvalue weighted by molar-refractivity contribution is -0.137. The predicted octanol–water partition coefficient (Wildman–Crippen LogP) is 2.42. The van der Waals surface area contributed by atoms with Crippen LogP contribution in [0.25, 0.3) is 0 Å². The molecule has 3 aliphatic heterocycles. The molecule has 0 atom stereocenters. The molecule has 2 aromatic rings. The van der Waals surface area contributed by atoms with Gasteiger partial charge in [0.25, 0.3) is 10.0 Å². The average Bonchev–Trinajstić information content (AvgIpc) is 3.14. The first-order chi connectivity index (χ1) is 16.7. The zero-order valence-electron chi connectivity index (χ0n) is 20.5. The van der Waals surface area contributed by atoms with Crippen molar-refractivity contribution in [3.05, 3.63) is 47.4 Å². The SMILES string of the molecule is Cc1cc(N2CCN(C(=O)C3CCN(C4=NS(=O)(=O)c5ccccc54)CC3)CC2)nc(C(C)C)n1. The van der Waals surface area contributed by atoms with E-state index in [-0.39, 0.29) is 22.6 Å². The fourth-order valence-electron chi connectivity index (χ4n) is 5.06. The van der Waals surface area contributed by atoms with Gasteiger partial charge < -0.3 is 14.7 Å². The van der Waals surface area contributed by atoms with E-state index in [9.17, 15) is 13.2 Å². The van der Waals surface area contributed by atoms with Crippen molar-refractivity contribution in [1.29, 1.82) is 0 Å². The number of nitrogens with zero attached hydrogens (tertiary/aromatic N) is 6. The minimum absolute atomic E-state index is 0.0412. The van der Waals surface area contributed by atoms with Crippen molar-refractivity contribution in [2.45, 2.75) is 44.4 Å². The number of likely N-dealkylation sites (tertiary alicyclic amines) is 1. The second-order valence-electron chi connectivity index (χ2n) is 9.84. The zero-order valence-corrected chi connectivity index (χ0v) is 21.3. The fourth-order valence-corrected chi connectivity index (χ4v) is 6.29. The number of benzene rings is 1. The Hall–Kier alpha value is -3.01. The fraction of sp³-hybridized carbons (Fsp3) is 0.520. The molecule has 4 heterocycles. The molecular weight excluding hydrogens is 464 g/mol. The van der Waals surface area contributed by atoms with Crippen LogP contribution in [0.5, 0.6) is 0 Å². The monoisotopic (exact) mass is 496 g/mol. The minimum Gasteiger partial charge on any atom is -0.355 e. The van der Waals surface area contributed by atoms with Crippen LogP contribution in [-0.2, 0) is 14.8 Å². The van der Waals surface area contributed by atoms with Crippen LogP contribution in [0, 0.1) is 12.8 Å². The number of anilines is 1. The van der Waals surface area contributed by atoms with Gasteiger partial charge in [0.15, 0.2) is 5.84 Å². The molecular formula is C25H32N6O3S. The summed E-state index contributed by atoms with van der Waals surface area (Å²) in [4.78, 5) is 29.0. The van der Waals surface area contributed by atoms with Crippen LogP contribution < -0.4 is 4.90 Å². The molecule has 0 unspecified atom stereocenters. The molecule has 0 radical (unpaired) electrons. The third-order valence-corrected chi connectivity index (χ3v) is 8.37. The molecule has 0 spiro atoms. The summed E-state index contributed by atoms with van der Waals surface area (Å²) in [5.41, 5.74) is 1.63. The molecule has 0 saturated carbocycles. The van der Waals surface area contributed by atoms with Crippen molar-refractivity contribution in [2.24, 2.45) is 10.3 Å². The number of sulfonamides is 1. The van der Waals surface area contributed by atoms with Crippen LogP contribution in [0.1, 0.15) is 49.7 Å². The molecule has 10 heteroatoms. The van der Waals surface area contributed by atoms with Crippen LogP contribution >= 0.6 is 0 Å². The molecule has 35 heavy (non-hydrogen) atoms. The number of aryl methyl sites for hydroxylation is 1. The Kier molecular flexibility index (Phi) is 6.25. The Morgan fingerprint density at radius 2 is 1.66 bits per heavy atom. The highest BCUT2D eigenvalue weighted by Gasteiger charge is 2.36. The maximum absolute atomic E-state index is 13.3. The van der Waals surface area contributed by atoms with Crippen molar-refractivity contribution in [1.82, 2.24) is 19.8 Å². The quantitative estimate of drug-likeness (QED) is 0.643. The second kappa shape index (κ2) is 9.22. The van der Waals surface area contributed by atoms with E-state index >= 15 is 0 Å². The number of piperazine rings is 1. The van der Waals surface area contributed by atoms with E-state index in [0.29, 0.717) is 50.4 Å². The number of piperidine rings is 1. The molecule has 1 aromatic carbocycles. The summed E-state index contributed by atoms with van der Waals surface area (Å²) in [5.74, 6) is 2.74. The van der Waals surface area contributed by atoms with Crippen molar-refractivity contribution in [3.8, 4) is 0 Å². The maximum Gasteiger partial charge on any atom is 0.285 e. The van der Waals surface area contributed by atoms with E-state index in [0.717, 1.165) is 30.4 Å². The van der Waals surface area contributed by atoms with E-state index in [2.05, 4.69) is 28.1 Å². The van der Waals surface area contributed by atoms with E-state index < -0.39 is 10.0 Å². The first-order valence-corrected chi connectivity index (χ1v) is 13.8. The topological polar surface area (TPSA) is 99.1 Å². The molecule has 1 amide bonds. The number of carbonyl (C=O) groups is 1. The highest BCUT2D eigenvalue weighted by Crippen LogP contribution is 2.30. The number of aromatic nitrogens is 2. The highest BCUT2D eigenvalue weighted by atomic mass is 32.2. The van der Waals surface area contributed by atoms with E-state index in [4.69, 9.17) is 4.98 Å². The second-order valence-corrected chi connectivity index (χ2v) is 11.4. The van der Waals surface area contributed by atoms with Crippen LogP contribution in [0.2, 0.25) is 0 Å². The molecule has 5 rings (SSSR count). The van der Waals surface area contributed by atoms with Gasteiger partial charge in [0.2, 0.25) is 5.91 Å². The van der Waals surface area contributed by atoms with Gasteiger partial charge in [0, 0.05) is 68.4 Å². The summed E-state index contributed by atoms with van der Waals surface area (Å²) in [6, 6.07) is 8.97. The third kappa shape index (κ3) is 4.63. The largest absolute Gasteiger partial charge is 0.355 e. The molecule has 2 fully saturated rings. The number of carbonyl (C=O) groups excluding carboxylic acids is 1. The molecule has 9 nitrogen and oxygen atoms in total. The normalized spacial score (nSPS) is 20.2. The third-order valence-electron chi connectivity index (χ3n) is 7.05. The van der Waals surface area contributed by atoms with Gasteiger partial charge in [0.05, 0.1) is 0 Å². The number of rotatable bonds is 3. The van der Waals surface area contributed by atoms with Gasteiger partial charge in [-0.15, -0.1) is 4.40 Å². The maximum atomic E-state index is 13.3. The summed E-state index contributed by atoms with van der Waals surface area (Å²) < 4.78 is 28.8. The van der Waals surface area contributed by atoms with E-state index in [1.807, 2.05) is 28.9 Å². The Balaban J connectivity index is 1.18. The zero-order chi connectivity index (χ0) is 24.7. The van der Waals surface area contributed by atoms with Crippen molar-refractivity contribution in [3.63, 3.8) is 0 Å². The molecule has 186 valence electrons. The molecule has 0 bridgehead atoms. The van der Waals surface area contributed by atoms with Gasteiger partial charge in [-0.1, -0.05) is 26.0 Å². The molecule has 0 aliphatic carbocycles. The summed E-state index contributed by atoms with van der Waals surface area (Å²) in [6.45, 7) is 10.3. The number of hydrogen-bond donors (Lipinski definition) is 0. The van der Waals surface area contributed by atoms with Gasteiger partial charge >= 0.3 is 0 Å². The van der Waals surface area contributed by atoms with Gasteiger partial charge in [-0.25, -0.2) is 9.97 Å². The predicted molar refractivity (Wildman–Crippen MR) is 134 cm³/mol. The first-order valence-electron chi connectivity index (χ1n) is 12.3. The Bertz CT molecular complexity index is 1260. The number of fused-ring (bicyclic) bond motifs is 1. The van der Waals surface area contributed by atoms with Crippen molar-refractivity contribution < 1.29 is 13.2 Å². The van der Waals surface area contributed by atoms with Gasteiger partial charge in [-0.2, -0.15) is 8.42 Å². The van der Waals surface area contributed by atoms with Crippen LogP contribution in [-0.4, -0.2) is 79.2 Å². The van der Waals surface area contributed by atoms with Crippen LogP contribution in [0.4, 0.5) is 5.82 Å². The first kappa shape index (κ1) is 23.7. The molecule has 1 aromatic heterocycles. The number of amides is 1. The van der Waals surface area contributed by atoms with E-state index in [1.54, 1.807) is 18.2 Å². The lowest BCUT2D eigenvalue weighted by atomic mass is 9.94. The van der Waals surface area contributed by atoms with Crippen LogP contribution in [0.3, 0.4) is 0 Å². The minimum atomic E-state index is -3.63.